The number of nitrogens with one attached hydrogen (secondary N) is 1. The van der Waals surface area contributed by atoms with E-state index in [0.29, 0.717) is 18.2 Å². The number of ether oxygens (including phenoxy) is 2. The zero-order valence-electron chi connectivity index (χ0n) is 13.4. The first-order valence-electron chi connectivity index (χ1n) is 8.57. The highest BCUT2D eigenvalue weighted by Crippen LogP contribution is 2.45. The summed E-state index contributed by atoms with van der Waals surface area (Å²) in [5, 5.41) is 3.93. The monoisotopic (exact) mass is 281 g/mol. The van der Waals surface area contributed by atoms with Gasteiger partial charge >= 0.3 is 0 Å². The van der Waals surface area contributed by atoms with Crippen LogP contribution in [0.15, 0.2) is 0 Å². The van der Waals surface area contributed by atoms with Gasteiger partial charge in [-0.1, -0.05) is 26.7 Å². The van der Waals surface area contributed by atoms with E-state index in [0.717, 1.165) is 13.2 Å². The maximum atomic E-state index is 6.14. The van der Waals surface area contributed by atoms with E-state index in [9.17, 15) is 0 Å². The van der Waals surface area contributed by atoms with Crippen molar-refractivity contribution >= 4 is 0 Å². The van der Waals surface area contributed by atoms with Crippen LogP contribution >= 0.6 is 0 Å². The zero-order valence-corrected chi connectivity index (χ0v) is 13.4. The summed E-state index contributed by atoms with van der Waals surface area (Å²) in [6.07, 6.45) is 9.27. The highest BCUT2D eigenvalue weighted by Gasteiger charge is 2.50. The van der Waals surface area contributed by atoms with E-state index in [4.69, 9.17) is 9.47 Å². The molecular formula is C17H31NO2. The standard InChI is InChI=1S/C17H31NO2/c1-4-19-15-11-14(16(15,2)3)18-13-7-10-20-17(12-13)8-5-6-9-17/h13-15,18H,4-12H2,1-3H3. The second kappa shape index (κ2) is 5.58. The maximum absolute atomic E-state index is 6.14. The first kappa shape index (κ1) is 14.8. The predicted octanol–water partition coefficient (Wildman–Crippen LogP) is 3.27. The first-order valence-corrected chi connectivity index (χ1v) is 8.57. The van der Waals surface area contributed by atoms with Crippen molar-refractivity contribution in [2.75, 3.05) is 13.2 Å². The summed E-state index contributed by atoms with van der Waals surface area (Å²) in [6.45, 7) is 8.57. The van der Waals surface area contributed by atoms with Crippen molar-refractivity contribution in [1.29, 1.82) is 0 Å². The Labute approximate surface area is 123 Å². The summed E-state index contributed by atoms with van der Waals surface area (Å²) in [7, 11) is 0. The summed E-state index contributed by atoms with van der Waals surface area (Å²) in [5.74, 6) is 0. The molecule has 3 atom stereocenters. The molecule has 3 unspecified atom stereocenters. The van der Waals surface area contributed by atoms with Crippen LogP contribution in [0.1, 0.15) is 65.7 Å². The molecule has 1 heterocycles. The van der Waals surface area contributed by atoms with Gasteiger partial charge in [0, 0.05) is 30.7 Å². The zero-order chi connectivity index (χ0) is 14.2. The molecule has 116 valence electrons. The van der Waals surface area contributed by atoms with Crippen molar-refractivity contribution in [3.63, 3.8) is 0 Å². The molecule has 1 N–H and O–H groups in total. The van der Waals surface area contributed by atoms with E-state index >= 15 is 0 Å². The number of hydrogen-bond acceptors (Lipinski definition) is 3. The van der Waals surface area contributed by atoms with Crippen molar-refractivity contribution in [1.82, 2.24) is 5.32 Å². The van der Waals surface area contributed by atoms with Crippen LogP contribution in [-0.4, -0.2) is 37.0 Å². The average molecular weight is 281 g/mol. The Bertz CT molecular complexity index is 336. The summed E-state index contributed by atoms with van der Waals surface area (Å²) in [5.41, 5.74) is 0.500. The molecule has 1 aliphatic heterocycles. The van der Waals surface area contributed by atoms with Crippen LogP contribution in [0.4, 0.5) is 0 Å². The van der Waals surface area contributed by atoms with Gasteiger partial charge in [-0.2, -0.15) is 0 Å². The van der Waals surface area contributed by atoms with E-state index in [1.54, 1.807) is 0 Å². The van der Waals surface area contributed by atoms with Gasteiger partial charge in [0.15, 0.2) is 0 Å². The van der Waals surface area contributed by atoms with Crippen molar-refractivity contribution in [3.05, 3.63) is 0 Å². The van der Waals surface area contributed by atoms with Crippen molar-refractivity contribution in [2.24, 2.45) is 5.41 Å². The predicted molar refractivity (Wildman–Crippen MR) is 80.9 cm³/mol. The van der Waals surface area contributed by atoms with Crippen LogP contribution in [0.3, 0.4) is 0 Å². The normalized spacial score (nSPS) is 38.9. The maximum Gasteiger partial charge on any atom is 0.0697 e. The van der Waals surface area contributed by atoms with Gasteiger partial charge in [0.05, 0.1) is 11.7 Å². The van der Waals surface area contributed by atoms with Gasteiger partial charge in [-0.3, -0.25) is 0 Å². The average Bonchev–Trinajstić information content (AvgIpc) is 2.86. The molecule has 0 amide bonds. The van der Waals surface area contributed by atoms with Crippen molar-refractivity contribution < 1.29 is 9.47 Å². The topological polar surface area (TPSA) is 30.5 Å². The molecule has 3 nitrogen and oxygen atoms in total. The van der Waals surface area contributed by atoms with E-state index in [2.05, 4.69) is 26.1 Å². The summed E-state index contributed by atoms with van der Waals surface area (Å²) in [6, 6.07) is 1.26. The van der Waals surface area contributed by atoms with Crippen LogP contribution in [0.5, 0.6) is 0 Å². The molecule has 2 saturated carbocycles. The minimum Gasteiger partial charge on any atom is -0.378 e. The molecule has 3 rings (SSSR count). The van der Waals surface area contributed by atoms with E-state index in [1.165, 1.54) is 44.9 Å². The Balaban J connectivity index is 1.53. The third kappa shape index (κ3) is 2.65. The van der Waals surface area contributed by atoms with Gasteiger partial charge in [-0.25, -0.2) is 0 Å². The Hall–Kier alpha value is -0.120. The molecule has 0 radical (unpaired) electrons. The molecule has 0 aromatic rings. The lowest BCUT2D eigenvalue weighted by Gasteiger charge is -2.54. The summed E-state index contributed by atoms with van der Waals surface area (Å²) < 4.78 is 12.0. The van der Waals surface area contributed by atoms with Gasteiger partial charge in [-0.05, 0) is 39.0 Å². The molecule has 1 saturated heterocycles. The quantitative estimate of drug-likeness (QED) is 0.858. The van der Waals surface area contributed by atoms with Crippen LogP contribution in [-0.2, 0) is 9.47 Å². The molecule has 0 bridgehead atoms. The fourth-order valence-electron chi connectivity index (χ4n) is 4.47. The van der Waals surface area contributed by atoms with E-state index in [-0.39, 0.29) is 11.0 Å². The number of hydrogen-bond donors (Lipinski definition) is 1. The van der Waals surface area contributed by atoms with Gasteiger partial charge < -0.3 is 14.8 Å². The molecule has 0 aromatic carbocycles. The minimum absolute atomic E-state index is 0.225. The molecule has 3 aliphatic rings. The fourth-order valence-corrected chi connectivity index (χ4v) is 4.47. The van der Waals surface area contributed by atoms with Crippen LogP contribution < -0.4 is 5.32 Å². The molecule has 3 fully saturated rings. The molecule has 2 aliphatic carbocycles. The van der Waals surface area contributed by atoms with Gasteiger partial charge in [0.25, 0.3) is 0 Å². The minimum atomic E-state index is 0.225. The highest BCUT2D eigenvalue weighted by molar-refractivity contribution is 5.05. The smallest absolute Gasteiger partial charge is 0.0697 e. The Morgan fingerprint density at radius 2 is 2.00 bits per heavy atom. The van der Waals surface area contributed by atoms with Crippen molar-refractivity contribution in [3.8, 4) is 0 Å². The lowest BCUT2D eigenvalue weighted by Crippen LogP contribution is -2.64. The molecule has 1 spiro atoms. The largest absolute Gasteiger partial charge is 0.378 e. The van der Waals surface area contributed by atoms with Crippen LogP contribution in [0.25, 0.3) is 0 Å². The number of rotatable bonds is 4. The first-order chi connectivity index (χ1) is 9.56. The molecule has 3 heteroatoms. The van der Waals surface area contributed by atoms with Crippen molar-refractivity contribution in [2.45, 2.75) is 89.5 Å². The summed E-state index contributed by atoms with van der Waals surface area (Å²) >= 11 is 0. The van der Waals surface area contributed by atoms with E-state index in [1.807, 2.05) is 0 Å². The highest BCUT2D eigenvalue weighted by atomic mass is 16.5. The Morgan fingerprint density at radius 1 is 1.25 bits per heavy atom. The fraction of sp³-hybridized carbons (Fsp3) is 1.00. The lowest BCUT2D eigenvalue weighted by atomic mass is 9.64. The second-order valence-corrected chi connectivity index (χ2v) is 7.65. The van der Waals surface area contributed by atoms with Crippen LogP contribution in [0, 0.1) is 5.41 Å². The third-order valence-electron chi connectivity index (χ3n) is 5.99. The van der Waals surface area contributed by atoms with Crippen LogP contribution in [0.2, 0.25) is 0 Å². The molecule has 0 aromatic heterocycles. The van der Waals surface area contributed by atoms with E-state index < -0.39 is 0 Å². The molecule has 20 heavy (non-hydrogen) atoms. The Kier molecular flexibility index (Phi) is 4.13. The summed E-state index contributed by atoms with van der Waals surface area (Å²) in [4.78, 5) is 0. The van der Waals surface area contributed by atoms with Gasteiger partial charge in [0.1, 0.15) is 0 Å². The molecular weight excluding hydrogens is 250 g/mol. The lowest BCUT2D eigenvalue weighted by molar-refractivity contribution is -0.128. The Morgan fingerprint density at radius 3 is 2.65 bits per heavy atom. The van der Waals surface area contributed by atoms with Gasteiger partial charge in [0.2, 0.25) is 0 Å². The van der Waals surface area contributed by atoms with Gasteiger partial charge in [-0.15, -0.1) is 0 Å². The third-order valence-corrected chi connectivity index (χ3v) is 5.99. The SMILES string of the molecule is CCOC1CC(NC2CCOC3(CCCC3)C2)C1(C)C. The second-order valence-electron chi connectivity index (χ2n) is 7.65.